The van der Waals surface area contributed by atoms with Gasteiger partial charge in [0.15, 0.2) is 0 Å². The van der Waals surface area contributed by atoms with Gasteiger partial charge in [-0.05, 0) is 103 Å². The van der Waals surface area contributed by atoms with Gasteiger partial charge in [0.25, 0.3) is 0 Å². The molecule has 1 fully saturated rings. The highest BCUT2D eigenvalue weighted by Crippen LogP contribution is 2.25. The van der Waals surface area contributed by atoms with E-state index in [9.17, 15) is 24.0 Å². The second-order valence-electron chi connectivity index (χ2n) is 20.5. The van der Waals surface area contributed by atoms with E-state index in [0.717, 1.165) is 161 Å². The van der Waals surface area contributed by atoms with Gasteiger partial charge in [-0.25, -0.2) is 4.79 Å². The van der Waals surface area contributed by atoms with E-state index in [2.05, 4.69) is 50.0 Å². The first-order valence-corrected chi connectivity index (χ1v) is 29.8. The van der Waals surface area contributed by atoms with Gasteiger partial charge in [0, 0.05) is 50.8 Å². The maximum absolute atomic E-state index is 13.1. The number of unbranched alkanes of at least 4 members (excludes halogenated alkanes) is 20. The molecule has 0 bridgehead atoms. The van der Waals surface area contributed by atoms with E-state index in [1.165, 1.54) is 38.5 Å². The quantitative estimate of drug-likeness (QED) is 0.0265. The Hall–Kier alpha value is -3.45. The largest absolute Gasteiger partial charge is 0.508 e. The molecule has 1 aliphatic rings. The molecule has 0 amide bonds. The van der Waals surface area contributed by atoms with Gasteiger partial charge in [0.05, 0.1) is 25.7 Å². The van der Waals surface area contributed by atoms with Gasteiger partial charge < -0.3 is 38.4 Å². The lowest BCUT2D eigenvalue weighted by Crippen LogP contribution is -2.41. The molecule has 0 saturated heterocycles. The van der Waals surface area contributed by atoms with Crippen LogP contribution in [0, 0.1) is 11.8 Å². The lowest BCUT2D eigenvalue weighted by Gasteiger charge is -2.37. The fourth-order valence-electron chi connectivity index (χ4n) is 8.69. The number of hydrogen-bond acceptors (Lipinski definition) is 13. The maximum Gasteiger partial charge on any atom is 0.508 e. The van der Waals surface area contributed by atoms with Gasteiger partial charge in [-0.15, -0.1) is 0 Å². The number of aliphatic hydroxyl groups is 1. The van der Waals surface area contributed by atoms with Crippen molar-refractivity contribution in [2.24, 2.45) is 11.8 Å². The summed E-state index contributed by atoms with van der Waals surface area (Å²) in [6.07, 6.45) is 42.0. The Labute approximate surface area is 444 Å². The predicted octanol–water partition coefficient (Wildman–Crippen LogP) is 14.4. The van der Waals surface area contributed by atoms with Crippen LogP contribution in [-0.2, 0) is 47.6 Å². The SMILES string of the molecule is CCCCC/C=C\C/C=C\CCCCCCCC(=O)OCC(COC(=O)CCCC(COC(=O)CCCCCCC)COC(=O)CCCCCCC)COC(=O)OCCCN(CCCCCCCO)C1CCC1. The van der Waals surface area contributed by atoms with Crippen molar-refractivity contribution in [2.45, 2.75) is 258 Å². The summed E-state index contributed by atoms with van der Waals surface area (Å²) in [5, 5.41) is 9.05. The molecule has 0 aromatic heterocycles. The van der Waals surface area contributed by atoms with E-state index >= 15 is 0 Å². The number of ether oxygens (including phenoxy) is 6. The first kappa shape index (κ1) is 67.6. The zero-order chi connectivity index (χ0) is 53.1. The molecule has 13 heteroatoms. The molecular formula is C60H107NO12. The minimum atomic E-state index is -0.813. The zero-order valence-electron chi connectivity index (χ0n) is 46.7. The molecule has 13 nitrogen and oxygen atoms in total. The number of allylic oxidation sites excluding steroid dienone is 4. The van der Waals surface area contributed by atoms with Crippen molar-refractivity contribution < 1.29 is 57.5 Å². The molecule has 1 N–H and O–H groups in total. The molecule has 1 unspecified atom stereocenters. The first-order valence-electron chi connectivity index (χ1n) is 29.8. The molecule has 0 aromatic carbocycles. The number of rotatable bonds is 52. The van der Waals surface area contributed by atoms with E-state index in [-0.39, 0.29) is 82.9 Å². The third-order valence-corrected chi connectivity index (χ3v) is 13.7. The van der Waals surface area contributed by atoms with E-state index < -0.39 is 18.0 Å². The van der Waals surface area contributed by atoms with Crippen LogP contribution in [0.25, 0.3) is 0 Å². The summed E-state index contributed by atoms with van der Waals surface area (Å²) >= 11 is 0. The Morgan fingerprint density at radius 3 is 1.37 bits per heavy atom. The summed E-state index contributed by atoms with van der Waals surface area (Å²) < 4.78 is 33.4. The topological polar surface area (TPSA) is 164 Å². The lowest BCUT2D eigenvalue weighted by atomic mass is 9.91. The molecule has 1 atom stereocenters. The van der Waals surface area contributed by atoms with E-state index in [0.29, 0.717) is 38.1 Å². The molecule has 0 aromatic rings. The van der Waals surface area contributed by atoms with Gasteiger partial charge in [-0.2, -0.15) is 0 Å². The van der Waals surface area contributed by atoms with Crippen LogP contribution in [0.5, 0.6) is 0 Å². The van der Waals surface area contributed by atoms with Gasteiger partial charge in [-0.3, -0.25) is 19.2 Å². The van der Waals surface area contributed by atoms with Crippen molar-refractivity contribution in [1.29, 1.82) is 0 Å². The Balaban J connectivity index is 2.68. The lowest BCUT2D eigenvalue weighted by molar-refractivity contribution is -0.152. The third-order valence-electron chi connectivity index (χ3n) is 13.7. The summed E-state index contributed by atoms with van der Waals surface area (Å²) in [4.78, 5) is 66.2. The number of nitrogens with zero attached hydrogens (tertiary/aromatic N) is 1. The standard InChI is InChI=1S/C60H107NO12/c1-4-7-10-13-14-15-16-17-18-19-20-21-22-26-31-42-58(65)71-50-54(52-73-60(67)68-47-36-45-61(55-38-35-39-55)44-32-27-23-28-33-46-62)51-72-59(66)43-34-37-53(48-69-56(63)40-29-24-11-8-5-2)49-70-57(64)41-30-25-12-9-6-3/h14-15,17-18,53-55,62H,4-13,16,19-52H2,1-3H3/b15-14-,18-17-. The highest BCUT2D eigenvalue weighted by atomic mass is 16.7. The smallest absolute Gasteiger partial charge is 0.465 e. The number of carbonyl (C=O) groups excluding carboxylic acids is 5. The number of esters is 4. The predicted molar refractivity (Wildman–Crippen MR) is 292 cm³/mol. The summed E-state index contributed by atoms with van der Waals surface area (Å²) in [7, 11) is 0. The van der Waals surface area contributed by atoms with Gasteiger partial charge in [0.1, 0.15) is 19.8 Å². The van der Waals surface area contributed by atoms with Crippen LogP contribution in [0.1, 0.15) is 252 Å². The van der Waals surface area contributed by atoms with Crippen LogP contribution >= 0.6 is 0 Å². The Morgan fingerprint density at radius 2 is 0.863 bits per heavy atom. The number of carbonyl (C=O) groups is 5. The molecule has 0 aliphatic heterocycles. The monoisotopic (exact) mass is 1030 g/mol. The zero-order valence-corrected chi connectivity index (χ0v) is 46.7. The van der Waals surface area contributed by atoms with E-state index in [1.54, 1.807) is 0 Å². The summed E-state index contributed by atoms with van der Waals surface area (Å²) in [5.74, 6) is -2.19. The Bertz CT molecular complexity index is 1370. The molecule has 1 aliphatic carbocycles. The van der Waals surface area contributed by atoms with Gasteiger partial charge in [0.2, 0.25) is 0 Å². The second-order valence-corrected chi connectivity index (χ2v) is 20.5. The third kappa shape index (κ3) is 43.5. The molecule has 1 saturated carbocycles. The molecule has 0 spiro atoms. The number of aliphatic hydroxyl groups excluding tert-OH is 1. The van der Waals surface area contributed by atoms with Crippen LogP contribution < -0.4 is 0 Å². The molecule has 0 heterocycles. The minimum Gasteiger partial charge on any atom is -0.465 e. The highest BCUT2D eigenvalue weighted by Gasteiger charge is 2.25. The highest BCUT2D eigenvalue weighted by molar-refractivity contribution is 5.70. The first-order chi connectivity index (χ1) is 35.7. The fraction of sp³-hybridized carbons (Fsp3) is 0.850. The van der Waals surface area contributed by atoms with Crippen molar-refractivity contribution in [3.8, 4) is 0 Å². The van der Waals surface area contributed by atoms with E-state index in [1.807, 2.05) is 0 Å². The average molecular weight is 1030 g/mol. The van der Waals surface area contributed by atoms with Crippen LogP contribution in [0.15, 0.2) is 24.3 Å². The molecule has 73 heavy (non-hydrogen) atoms. The van der Waals surface area contributed by atoms with Crippen LogP contribution in [0.4, 0.5) is 4.79 Å². The Morgan fingerprint density at radius 1 is 0.452 bits per heavy atom. The maximum atomic E-state index is 13.1. The fourth-order valence-corrected chi connectivity index (χ4v) is 8.69. The van der Waals surface area contributed by atoms with Crippen molar-refractivity contribution in [3.63, 3.8) is 0 Å². The normalized spacial score (nSPS) is 13.2. The van der Waals surface area contributed by atoms with Crippen molar-refractivity contribution in [3.05, 3.63) is 24.3 Å². The van der Waals surface area contributed by atoms with Crippen molar-refractivity contribution in [1.82, 2.24) is 4.90 Å². The van der Waals surface area contributed by atoms with Crippen LogP contribution in [0.3, 0.4) is 0 Å². The van der Waals surface area contributed by atoms with Gasteiger partial charge in [-0.1, -0.05) is 154 Å². The summed E-state index contributed by atoms with van der Waals surface area (Å²) in [6, 6.07) is 0.589. The van der Waals surface area contributed by atoms with Crippen molar-refractivity contribution in [2.75, 3.05) is 59.3 Å². The summed E-state index contributed by atoms with van der Waals surface area (Å²) in [5.41, 5.74) is 0. The Kier molecular flexibility index (Phi) is 46.9. The minimum absolute atomic E-state index is 0.0774. The van der Waals surface area contributed by atoms with Crippen LogP contribution in [-0.4, -0.2) is 105 Å². The van der Waals surface area contributed by atoms with Crippen molar-refractivity contribution >= 4 is 30.0 Å². The molecule has 0 radical (unpaired) electrons. The number of hydrogen-bond donors (Lipinski definition) is 1. The van der Waals surface area contributed by atoms with Gasteiger partial charge >= 0.3 is 30.0 Å². The van der Waals surface area contributed by atoms with E-state index in [4.69, 9.17) is 33.5 Å². The molecular weight excluding hydrogens is 927 g/mol. The summed E-state index contributed by atoms with van der Waals surface area (Å²) in [6.45, 7) is 8.73. The molecule has 424 valence electrons. The molecule has 1 rings (SSSR count). The van der Waals surface area contributed by atoms with Crippen LogP contribution in [0.2, 0.25) is 0 Å². The second kappa shape index (κ2) is 50.7. The average Bonchev–Trinajstić information content (AvgIpc) is 3.36.